The van der Waals surface area contributed by atoms with Gasteiger partial charge in [-0.1, -0.05) is 109 Å². The largest absolute Gasteiger partial charge is 0.418 e. The van der Waals surface area contributed by atoms with Gasteiger partial charge in [0, 0.05) is 27.1 Å². The van der Waals surface area contributed by atoms with Crippen molar-refractivity contribution in [1.29, 1.82) is 5.26 Å². The number of hydrogen-bond donors (Lipinski definition) is 0. The van der Waals surface area contributed by atoms with Crippen molar-refractivity contribution in [2.45, 2.75) is 6.18 Å². The molecule has 0 aliphatic heterocycles. The third-order valence-electron chi connectivity index (χ3n) is 11.2. The lowest BCUT2D eigenvalue weighted by Crippen LogP contribution is -2.12. The van der Waals surface area contributed by atoms with Crippen molar-refractivity contribution in [2.24, 2.45) is 0 Å². The van der Waals surface area contributed by atoms with Gasteiger partial charge in [0.05, 0.1) is 63.8 Å². The van der Waals surface area contributed by atoms with Crippen LogP contribution < -0.4 is 0 Å². The molecule has 8 heteroatoms. The van der Waals surface area contributed by atoms with E-state index in [0.29, 0.717) is 39.1 Å². The quantitative estimate of drug-likeness (QED) is 0.160. The van der Waals surface area contributed by atoms with Crippen molar-refractivity contribution >= 4 is 55.0 Å². The summed E-state index contributed by atoms with van der Waals surface area (Å²) < 4.78 is 50.4. The Morgan fingerprint density at radius 2 is 1.05 bits per heavy atom. The smallest absolute Gasteiger partial charge is 0.309 e. The monoisotopic (exact) mass is 779 g/mol. The molecule has 2 heterocycles. The molecule has 0 N–H and O–H groups in total. The minimum Gasteiger partial charge on any atom is -0.309 e. The summed E-state index contributed by atoms with van der Waals surface area (Å²) in [6.07, 6.45) is -4.75. The maximum atomic E-state index is 15.6. The van der Waals surface area contributed by atoms with E-state index in [1.54, 1.807) is 41.0 Å². The van der Waals surface area contributed by atoms with Crippen LogP contribution in [-0.4, -0.2) is 9.13 Å². The van der Waals surface area contributed by atoms with Crippen LogP contribution in [0.1, 0.15) is 11.1 Å². The van der Waals surface area contributed by atoms with E-state index in [9.17, 15) is 5.26 Å². The van der Waals surface area contributed by atoms with Gasteiger partial charge in [0.2, 0.25) is 0 Å². The number of nitriles is 1. The highest BCUT2D eigenvalue weighted by atomic mass is 19.4. The fourth-order valence-electron chi connectivity index (χ4n) is 8.66. The van der Waals surface area contributed by atoms with Gasteiger partial charge in [-0.05, 0) is 88.5 Å². The summed E-state index contributed by atoms with van der Waals surface area (Å²) in [5.74, 6) is 0. The van der Waals surface area contributed by atoms with Crippen molar-refractivity contribution in [1.82, 2.24) is 9.13 Å². The number of rotatable bonds is 5. The molecule has 0 saturated heterocycles. The van der Waals surface area contributed by atoms with Crippen LogP contribution in [0, 0.1) is 24.5 Å². The molecule has 0 atom stereocenters. The van der Waals surface area contributed by atoms with Crippen LogP contribution in [0.15, 0.2) is 170 Å². The first-order valence-corrected chi connectivity index (χ1v) is 19.0. The molecule has 0 fully saturated rings. The van der Waals surface area contributed by atoms with Crippen molar-refractivity contribution in [3.63, 3.8) is 0 Å². The first kappa shape index (κ1) is 36.0. The van der Waals surface area contributed by atoms with Crippen LogP contribution in [0.5, 0.6) is 0 Å². The standard InChI is InChI=1S/C52H28F3N5/c1-57-35-24-27-49(59-46-20-9-6-15-38(46)41-29-33(23-25-48(41)59)37-14-5-8-19-45(37)58-2)43(30-35)40-17-11-18-44(52(53,54)55)51(40)60-47-21-10-7-16-39(47)42-28-32(22-26-50(42)60)36-13-4-3-12-34(36)31-56/h3-30H. The molecule has 0 aliphatic rings. The van der Waals surface area contributed by atoms with Crippen molar-refractivity contribution in [3.05, 3.63) is 204 Å². The lowest BCUT2D eigenvalue weighted by atomic mass is 9.96. The Hall–Kier alpha value is -8.38. The number of nitrogens with zero attached hydrogens (tertiary/aromatic N) is 5. The lowest BCUT2D eigenvalue weighted by Gasteiger charge is -2.22. The molecule has 282 valence electrons. The van der Waals surface area contributed by atoms with Gasteiger partial charge in [0.1, 0.15) is 0 Å². The van der Waals surface area contributed by atoms with E-state index < -0.39 is 11.7 Å². The van der Waals surface area contributed by atoms with Crippen molar-refractivity contribution in [3.8, 4) is 50.8 Å². The Labute approximate surface area is 342 Å². The van der Waals surface area contributed by atoms with Crippen molar-refractivity contribution in [2.75, 3.05) is 0 Å². The zero-order chi connectivity index (χ0) is 41.1. The van der Waals surface area contributed by atoms with Crippen LogP contribution in [-0.2, 0) is 6.18 Å². The molecule has 10 rings (SSSR count). The minimum absolute atomic E-state index is 0.0661. The van der Waals surface area contributed by atoms with E-state index >= 15 is 13.2 Å². The van der Waals surface area contributed by atoms with Gasteiger partial charge in [-0.25, -0.2) is 9.69 Å². The maximum Gasteiger partial charge on any atom is 0.418 e. The number of alkyl halides is 3. The average molecular weight is 780 g/mol. The Bertz CT molecular complexity index is 3530. The number of aromatic nitrogens is 2. The predicted molar refractivity (Wildman–Crippen MR) is 234 cm³/mol. The normalized spacial score (nSPS) is 11.5. The predicted octanol–water partition coefficient (Wildman–Crippen LogP) is 14.9. The first-order chi connectivity index (χ1) is 29.3. The van der Waals surface area contributed by atoms with Gasteiger partial charge in [0.15, 0.2) is 11.4 Å². The highest BCUT2D eigenvalue weighted by molar-refractivity contribution is 6.13. The second-order valence-corrected chi connectivity index (χ2v) is 14.5. The molecule has 8 aromatic carbocycles. The number of hydrogen-bond acceptors (Lipinski definition) is 1. The van der Waals surface area contributed by atoms with Gasteiger partial charge < -0.3 is 9.13 Å². The molecule has 60 heavy (non-hydrogen) atoms. The summed E-state index contributed by atoms with van der Waals surface area (Å²) in [5, 5.41) is 13.2. The van der Waals surface area contributed by atoms with Gasteiger partial charge in [-0.3, -0.25) is 0 Å². The zero-order valence-electron chi connectivity index (χ0n) is 31.5. The first-order valence-electron chi connectivity index (χ1n) is 19.0. The van der Waals surface area contributed by atoms with Gasteiger partial charge in [0.25, 0.3) is 0 Å². The van der Waals surface area contributed by atoms with E-state index in [-0.39, 0.29) is 11.4 Å². The van der Waals surface area contributed by atoms with E-state index in [4.69, 9.17) is 13.1 Å². The number of para-hydroxylation sites is 4. The second kappa shape index (κ2) is 13.9. The summed E-state index contributed by atoms with van der Waals surface area (Å²) in [6.45, 7) is 15.8. The van der Waals surface area contributed by atoms with Crippen LogP contribution in [0.25, 0.3) is 98.1 Å². The molecular weight excluding hydrogens is 752 g/mol. The molecule has 0 amide bonds. The molecule has 0 unspecified atom stereocenters. The molecule has 0 aliphatic carbocycles. The summed E-state index contributed by atoms with van der Waals surface area (Å²) in [7, 11) is 0. The number of halogens is 3. The van der Waals surface area contributed by atoms with Crippen LogP contribution in [0.4, 0.5) is 24.5 Å². The van der Waals surface area contributed by atoms with Crippen LogP contribution in [0.3, 0.4) is 0 Å². The van der Waals surface area contributed by atoms with Gasteiger partial charge in [-0.15, -0.1) is 0 Å². The summed E-state index contributed by atoms with van der Waals surface area (Å²) >= 11 is 0. The lowest BCUT2D eigenvalue weighted by molar-refractivity contribution is -0.137. The SMILES string of the molecule is [C-]#[N+]c1ccc(-n2c3ccccc3c3cc(-c4ccccc4[N+]#[C-])ccc32)c(-c2cccc(C(F)(F)F)c2-n2c3ccccc3c3cc(-c4ccccc4C#N)ccc32)c1. The fraction of sp³-hybridized carbons (Fsp3) is 0.0192. The zero-order valence-corrected chi connectivity index (χ0v) is 31.5. The number of fused-ring (bicyclic) bond motifs is 6. The van der Waals surface area contributed by atoms with Crippen LogP contribution in [0.2, 0.25) is 0 Å². The Balaban J connectivity index is 1.28. The summed E-state index contributed by atoms with van der Waals surface area (Å²) in [4.78, 5) is 7.49. The number of benzene rings is 8. The van der Waals surface area contributed by atoms with E-state index in [1.165, 1.54) is 6.07 Å². The molecule has 0 saturated carbocycles. The Kier molecular flexibility index (Phi) is 8.35. The molecule has 0 bridgehead atoms. The minimum atomic E-state index is -4.75. The topological polar surface area (TPSA) is 42.4 Å². The van der Waals surface area contributed by atoms with Crippen molar-refractivity contribution < 1.29 is 13.2 Å². The molecule has 5 nitrogen and oxygen atoms in total. The third-order valence-corrected chi connectivity index (χ3v) is 11.2. The van der Waals surface area contributed by atoms with E-state index in [2.05, 4.69) is 21.8 Å². The molecule has 0 radical (unpaired) electrons. The molecule has 0 spiro atoms. The maximum absolute atomic E-state index is 15.6. The summed E-state index contributed by atoms with van der Waals surface area (Å²) in [5.41, 5.74) is 7.67. The average Bonchev–Trinajstić information content (AvgIpc) is 3.80. The third kappa shape index (κ3) is 5.61. The second-order valence-electron chi connectivity index (χ2n) is 14.5. The fourth-order valence-corrected chi connectivity index (χ4v) is 8.66. The Morgan fingerprint density at radius 3 is 1.72 bits per heavy atom. The molecule has 10 aromatic rings. The van der Waals surface area contributed by atoms with Crippen LogP contribution >= 0.6 is 0 Å². The van der Waals surface area contributed by atoms with Gasteiger partial charge in [-0.2, -0.15) is 18.4 Å². The highest BCUT2D eigenvalue weighted by Gasteiger charge is 2.36. The summed E-state index contributed by atoms with van der Waals surface area (Å²) in [6, 6.07) is 53.3. The van der Waals surface area contributed by atoms with E-state index in [1.807, 2.05) is 120 Å². The van der Waals surface area contributed by atoms with E-state index in [0.717, 1.165) is 60.9 Å². The molecule has 2 aromatic heterocycles. The van der Waals surface area contributed by atoms with Gasteiger partial charge >= 0.3 is 6.18 Å². The highest BCUT2D eigenvalue weighted by Crippen LogP contribution is 2.47. The molecular formula is C52H28F3N5. The Morgan fingerprint density at radius 1 is 0.483 bits per heavy atom.